The van der Waals surface area contributed by atoms with E-state index in [1.54, 1.807) is 0 Å². The van der Waals surface area contributed by atoms with Crippen LogP contribution in [0.25, 0.3) is 0 Å². The van der Waals surface area contributed by atoms with Gasteiger partial charge < -0.3 is 10.6 Å². The molecule has 68 valence electrons. The van der Waals surface area contributed by atoms with Gasteiger partial charge in [0.2, 0.25) is 0 Å². The summed E-state index contributed by atoms with van der Waals surface area (Å²) in [4.78, 5) is 2.30. The lowest BCUT2D eigenvalue weighted by atomic mass is 10.1. The fourth-order valence-corrected chi connectivity index (χ4v) is 1.23. The largest absolute Gasteiger partial charge is 0.327 e. The number of hydrogen-bond donors (Lipinski definition) is 1. The summed E-state index contributed by atoms with van der Waals surface area (Å²) in [5, 5.41) is 0. The first kappa shape index (κ1) is 10.9. The van der Waals surface area contributed by atoms with Crippen LogP contribution in [0, 0.1) is 5.92 Å². The zero-order chi connectivity index (χ0) is 8.85. The van der Waals surface area contributed by atoms with Crippen LogP contribution in [0.2, 0.25) is 0 Å². The van der Waals surface area contributed by atoms with Crippen molar-refractivity contribution in [3.05, 3.63) is 0 Å². The monoisotopic (exact) mass is 158 g/mol. The van der Waals surface area contributed by atoms with E-state index in [9.17, 15) is 0 Å². The average Bonchev–Trinajstić information content (AvgIpc) is 1.85. The standard InChI is InChI=1S/C9H22N2/c1-5-8(2)6-11(4)7-9(3)10/h8-9H,5-7,10H2,1-4H3/t8?,9-/m0/s1. The predicted molar refractivity (Wildman–Crippen MR) is 50.6 cm³/mol. The minimum absolute atomic E-state index is 0.295. The Morgan fingerprint density at radius 3 is 2.18 bits per heavy atom. The Hall–Kier alpha value is -0.0800. The topological polar surface area (TPSA) is 29.3 Å². The quantitative estimate of drug-likeness (QED) is 0.653. The van der Waals surface area contributed by atoms with Crippen LogP contribution < -0.4 is 5.73 Å². The van der Waals surface area contributed by atoms with E-state index in [-0.39, 0.29) is 0 Å². The van der Waals surface area contributed by atoms with E-state index in [2.05, 4.69) is 25.8 Å². The molecule has 11 heavy (non-hydrogen) atoms. The van der Waals surface area contributed by atoms with Crippen LogP contribution in [-0.4, -0.2) is 31.1 Å². The number of nitrogens with zero attached hydrogens (tertiary/aromatic N) is 1. The van der Waals surface area contributed by atoms with Crippen molar-refractivity contribution >= 4 is 0 Å². The highest BCUT2D eigenvalue weighted by Crippen LogP contribution is 2.02. The Labute approximate surface area is 70.8 Å². The predicted octanol–water partition coefficient (Wildman–Crippen LogP) is 1.31. The first-order chi connectivity index (χ1) is 5.06. The summed E-state index contributed by atoms with van der Waals surface area (Å²) < 4.78 is 0. The van der Waals surface area contributed by atoms with Gasteiger partial charge in [0.25, 0.3) is 0 Å². The third-order valence-corrected chi connectivity index (χ3v) is 1.92. The third-order valence-electron chi connectivity index (χ3n) is 1.92. The van der Waals surface area contributed by atoms with Crippen LogP contribution in [0.4, 0.5) is 0 Å². The lowest BCUT2D eigenvalue weighted by Crippen LogP contribution is -2.35. The van der Waals surface area contributed by atoms with Crippen molar-refractivity contribution in [3.63, 3.8) is 0 Å². The molecule has 0 amide bonds. The van der Waals surface area contributed by atoms with E-state index in [4.69, 9.17) is 5.73 Å². The van der Waals surface area contributed by atoms with Crippen molar-refractivity contribution in [2.45, 2.75) is 33.2 Å². The van der Waals surface area contributed by atoms with E-state index in [0.29, 0.717) is 6.04 Å². The van der Waals surface area contributed by atoms with E-state index in [1.807, 2.05) is 6.92 Å². The van der Waals surface area contributed by atoms with E-state index >= 15 is 0 Å². The van der Waals surface area contributed by atoms with Gasteiger partial charge in [-0.1, -0.05) is 20.3 Å². The van der Waals surface area contributed by atoms with Crippen molar-refractivity contribution < 1.29 is 0 Å². The summed E-state index contributed by atoms with van der Waals surface area (Å²) in [7, 11) is 2.13. The van der Waals surface area contributed by atoms with Gasteiger partial charge in [0.15, 0.2) is 0 Å². The summed E-state index contributed by atoms with van der Waals surface area (Å²) in [6.45, 7) is 8.72. The lowest BCUT2D eigenvalue weighted by Gasteiger charge is -2.21. The van der Waals surface area contributed by atoms with Crippen LogP contribution in [0.15, 0.2) is 0 Å². The van der Waals surface area contributed by atoms with Crippen LogP contribution in [0.3, 0.4) is 0 Å². The van der Waals surface area contributed by atoms with Gasteiger partial charge in [-0.15, -0.1) is 0 Å². The summed E-state index contributed by atoms with van der Waals surface area (Å²) in [6, 6.07) is 0.295. The molecule has 0 aromatic heterocycles. The second-order valence-corrected chi connectivity index (χ2v) is 3.71. The minimum Gasteiger partial charge on any atom is -0.327 e. The summed E-state index contributed by atoms with van der Waals surface area (Å²) in [5.41, 5.74) is 5.67. The number of rotatable bonds is 5. The van der Waals surface area contributed by atoms with Gasteiger partial charge in [0.1, 0.15) is 0 Å². The van der Waals surface area contributed by atoms with Crippen molar-refractivity contribution in [1.82, 2.24) is 4.90 Å². The molecule has 2 atom stereocenters. The molecule has 2 nitrogen and oxygen atoms in total. The fourth-order valence-electron chi connectivity index (χ4n) is 1.23. The molecule has 1 unspecified atom stereocenters. The second-order valence-electron chi connectivity index (χ2n) is 3.71. The molecule has 0 fully saturated rings. The van der Waals surface area contributed by atoms with Crippen LogP contribution in [0.5, 0.6) is 0 Å². The molecular formula is C9H22N2. The van der Waals surface area contributed by atoms with E-state index in [0.717, 1.165) is 19.0 Å². The molecule has 2 heteroatoms. The lowest BCUT2D eigenvalue weighted by molar-refractivity contribution is 0.271. The molecule has 0 aliphatic rings. The normalized spacial score (nSPS) is 16.9. The number of likely N-dealkylation sites (N-methyl/N-ethyl adjacent to an activating group) is 1. The molecule has 0 radical (unpaired) electrons. The fraction of sp³-hybridized carbons (Fsp3) is 1.00. The molecule has 0 spiro atoms. The Bertz CT molecular complexity index is 91.6. The summed E-state index contributed by atoms with van der Waals surface area (Å²) >= 11 is 0. The van der Waals surface area contributed by atoms with Crippen molar-refractivity contribution in [3.8, 4) is 0 Å². The molecule has 0 rings (SSSR count). The molecule has 0 aromatic carbocycles. The van der Waals surface area contributed by atoms with Gasteiger partial charge in [-0.05, 0) is 19.9 Å². The Balaban J connectivity index is 3.43. The van der Waals surface area contributed by atoms with E-state index < -0.39 is 0 Å². The van der Waals surface area contributed by atoms with Crippen molar-refractivity contribution in [2.24, 2.45) is 11.7 Å². The van der Waals surface area contributed by atoms with Gasteiger partial charge in [-0.3, -0.25) is 0 Å². The maximum Gasteiger partial charge on any atom is 0.0139 e. The van der Waals surface area contributed by atoms with Crippen LogP contribution in [0.1, 0.15) is 27.2 Å². The minimum atomic E-state index is 0.295. The highest BCUT2D eigenvalue weighted by molar-refractivity contribution is 4.62. The first-order valence-corrected chi connectivity index (χ1v) is 4.50. The SMILES string of the molecule is CCC(C)CN(C)C[C@H](C)N. The highest BCUT2D eigenvalue weighted by atomic mass is 15.1. The van der Waals surface area contributed by atoms with Gasteiger partial charge >= 0.3 is 0 Å². The molecular weight excluding hydrogens is 136 g/mol. The molecule has 0 aliphatic heterocycles. The van der Waals surface area contributed by atoms with Gasteiger partial charge in [-0.25, -0.2) is 0 Å². The summed E-state index contributed by atoms with van der Waals surface area (Å²) in [6.07, 6.45) is 1.25. The second kappa shape index (κ2) is 5.56. The van der Waals surface area contributed by atoms with Crippen LogP contribution in [-0.2, 0) is 0 Å². The average molecular weight is 158 g/mol. The van der Waals surface area contributed by atoms with E-state index in [1.165, 1.54) is 6.42 Å². The van der Waals surface area contributed by atoms with Crippen molar-refractivity contribution in [2.75, 3.05) is 20.1 Å². The van der Waals surface area contributed by atoms with Gasteiger partial charge in [0, 0.05) is 19.1 Å². The zero-order valence-electron chi connectivity index (χ0n) is 8.30. The molecule has 0 saturated heterocycles. The number of hydrogen-bond acceptors (Lipinski definition) is 2. The van der Waals surface area contributed by atoms with Gasteiger partial charge in [-0.2, -0.15) is 0 Å². The molecule has 0 aromatic rings. The molecule has 2 N–H and O–H groups in total. The maximum absolute atomic E-state index is 5.67. The Morgan fingerprint density at radius 1 is 1.27 bits per heavy atom. The van der Waals surface area contributed by atoms with Crippen LogP contribution >= 0.6 is 0 Å². The molecule has 0 saturated carbocycles. The molecule has 0 heterocycles. The maximum atomic E-state index is 5.67. The zero-order valence-corrected chi connectivity index (χ0v) is 8.30. The first-order valence-electron chi connectivity index (χ1n) is 4.50. The Kier molecular flexibility index (Phi) is 5.51. The van der Waals surface area contributed by atoms with Gasteiger partial charge in [0.05, 0.1) is 0 Å². The highest BCUT2D eigenvalue weighted by Gasteiger charge is 2.05. The molecule has 0 aliphatic carbocycles. The Morgan fingerprint density at radius 2 is 1.82 bits per heavy atom. The molecule has 0 bridgehead atoms. The van der Waals surface area contributed by atoms with Crippen molar-refractivity contribution in [1.29, 1.82) is 0 Å². The number of nitrogens with two attached hydrogens (primary N) is 1. The summed E-state index contributed by atoms with van der Waals surface area (Å²) in [5.74, 6) is 0.791. The third kappa shape index (κ3) is 6.32. The smallest absolute Gasteiger partial charge is 0.0139 e.